The molecule has 4 heteroatoms. The summed E-state index contributed by atoms with van der Waals surface area (Å²) in [5.41, 5.74) is 1.76. The molecule has 0 spiro atoms. The topological polar surface area (TPSA) is 30.7 Å². The lowest BCUT2D eigenvalue weighted by Crippen LogP contribution is -1.96. The Labute approximate surface area is 81.0 Å². The van der Waals surface area contributed by atoms with Crippen molar-refractivity contribution in [2.75, 3.05) is 0 Å². The Kier molecular flexibility index (Phi) is 2.02. The zero-order valence-corrected chi connectivity index (χ0v) is 7.86. The second kappa shape index (κ2) is 3.18. The van der Waals surface area contributed by atoms with Gasteiger partial charge in [0.2, 0.25) is 0 Å². The number of hydrogen-bond donors (Lipinski definition) is 0. The van der Waals surface area contributed by atoms with Gasteiger partial charge in [0.05, 0.1) is 5.69 Å². The van der Waals surface area contributed by atoms with Crippen LogP contribution in [-0.2, 0) is 0 Å². The van der Waals surface area contributed by atoms with Crippen LogP contribution in [0.2, 0.25) is 5.15 Å². The summed E-state index contributed by atoms with van der Waals surface area (Å²) in [6.45, 7) is 1.93. The molecule has 0 atom stereocenters. The van der Waals surface area contributed by atoms with Gasteiger partial charge in [-0.15, -0.1) is 0 Å². The predicted octanol–water partition coefficient (Wildman–Crippen LogP) is 2.23. The first-order valence-electron chi connectivity index (χ1n) is 3.90. The monoisotopic (exact) mass is 193 g/mol. The maximum Gasteiger partial charge on any atom is 0.154 e. The van der Waals surface area contributed by atoms with Crippen LogP contribution in [0, 0.1) is 6.92 Å². The Morgan fingerprint density at radius 1 is 1.38 bits per heavy atom. The predicted molar refractivity (Wildman–Crippen MR) is 51.1 cm³/mol. The highest BCUT2D eigenvalue weighted by Gasteiger charge is 2.02. The average Bonchev–Trinajstić information content (AvgIpc) is 2.53. The number of nitrogens with zero attached hydrogens (tertiary/aromatic N) is 3. The summed E-state index contributed by atoms with van der Waals surface area (Å²) >= 11 is 5.90. The van der Waals surface area contributed by atoms with Crippen LogP contribution in [0.5, 0.6) is 0 Å². The Morgan fingerprint density at radius 2 is 2.23 bits per heavy atom. The Hall–Kier alpha value is -1.35. The van der Waals surface area contributed by atoms with Crippen LogP contribution in [-0.4, -0.2) is 14.8 Å². The van der Waals surface area contributed by atoms with E-state index in [1.54, 1.807) is 10.9 Å². The molecule has 2 aromatic heterocycles. The Bertz CT molecular complexity index is 422. The highest BCUT2D eigenvalue weighted by Crippen LogP contribution is 2.15. The molecule has 0 unspecified atom stereocenters. The molecule has 0 aromatic carbocycles. The summed E-state index contributed by atoms with van der Waals surface area (Å²) in [6, 6.07) is 5.63. The first-order valence-corrected chi connectivity index (χ1v) is 4.28. The van der Waals surface area contributed by atoms with Gasteiger partial charge in [0, 0.05) is 12.4 Å². The second-order valence-electron chi connectivity index (χ2n) is 2.72. The molecule has 0 fully saturated rings. The normalized spacial score (nSPS) is 10.3. The maximum atomic E-state index is 5.90. The molecule has 0 bridgehead atoms. The largest absolute Gasteiger partial charge is 0.242 e. The van der Waals surface area contributed by atoms with Crippen molar-refractivity contribution in [2.24, 2.45) is 0 Å². The van der Waals surface area contributed by atoms with Gasteiger partial charge in [-0.1, -0.05) is 11.6 Å². The minimum Gasteiger partial charge on any atom is -0.242 e. The molecule has 0 amide bonds. The standard InChI is InChI=1S/C9H8ClN3/c1-7-4-6-13(12-7)8-3-2-5-11-9(8)10/h2-6H,1H3. The summed E-state index contributed by atoms with van der Waals surface area (Å²) in [7, 11) is 0. The number of hydrogen-bond acceptors (Lipinski definition) is 2. The van der Waals surface area contributed by atoms with E-state index in [0.29, 0.717) is 5.15 Å². The molecule has 2 rings (SSSR count). The molecule has 0 aliphatic carbocycles. The zero-order chi connectivity index (χ0) is 9.26. The van der Waals surface area contributed by atoms with Crippen molar-refractivity contribution in [3.8, 4) is 5.69 Å². The molecular formula is C9H8ClN3. The minimum absolute atomic E-state index is 0.464. The summed E-state index contributed by atoms with van der Waals surface area (Å²) in [6.07, 6.45) is 3.51. The number of aromatic nitrogens is 3. The molecule has 2 aromatic rings. The van der Waals surface area contributed by atoms with Crippen LogP contribution < -0.4 is 0 Å². The number of rotatable bonds is 1. The molecule has 2 heterocycles. The minimum atomic E-state index is 0.464. The second-order valence-corrected chi connectivity index (χ2v) is 3.07. The molecule has 0 saturated carbocycles. The van der Waals surface area contributed by atoms with E-state index in [-0.39, 0.29) is 0 Å². The summed E-state index contributed by atoms with van der Waals surface area (Å²) in [4.78, 5) is 3.97. The Morgan fingerprint density at radius 3 is 2.85 bits per heavy atom. The van der Waals surface area contributed by atoms with Gasteiger partial charge in [0.1, 0.15) is 5.69 Å². The molecular weight excluding hydrogens is 186 g/mol. The van der Waals surface area contributed by atoms with Crippen LogP contribution in [0.1, 0.15) is 5.69 Å². The van der Waals surface area contributed by atoms with Crippen molar-refractivity contribution in [1.29, 1.82) is 0 Å². The van der Waals surface area contributed by atoms with Crippen molar-refractivity contribution < 1.29 is 0 Å². The molecule has 0 radical (unpaired) electrons. The Balaban J connectivity index is 2.52. The van der Waals surface area contributed by atoms with E-state index in [2.05, 4.69) is 10.1 Å². The van der Waals surface area contributed by atoms with E-state index in [1.165, 1.54) is 0 Å². The fourth-order valence-electron chi connectivity index (χ4n) is 1.10. The lowest BCUT2D eigenvalue weighted by Gasteiger charge is -2.01. The lowest BCUT2D eigenvalue weighted by atomic mass is 10.4. The quantitative estimate of drug-likeness (QED) is 0.651. The van der Waals surface area contributed by atoms with Gasteiger partial charge in [-0.05, 0) is 25.1 Å². The molecule has 13 heavy (non-hydrogen) atoms. The van der Waals surface area contributed by atoms with E-state index in [1.807, 2.05) is 31.3 Å². The van der Waals surface area contributed by atoms with Crippen LogP contribution >= 0.6 is 11.6 Å². The number of halogens is 1. The van der Waals surface area contributed by atoms with Crippen molar-refractivity contribution >= 4 is 11.6 Å². The van der Waals surface area contributed by atoms with Gasteiger partial charge >= 0.3 is 0 Å². The summed E-state index contributed by atoms with van der Waals surface area (Å²) in [5.74, 6) is 0. The van der Waals surface area contributed by atoms with Gasteiger partial charge in [-0.25, -0.2) is 9.67 Å². The zero-order valence-electron chi connectivity index (χ0n) is 7.11. The van der Waals surface area contributed by atoms with Gasteiger partial charge in [-0.2, -0.15) is 5.10 Å². The lowest BCUT2D eigenvalue weighted by molar-refractivity contribution is 0.857. The van der Waals surface area contributed by atoms with Crippen molar-refractivity contribution in [1.82, 2.24) is 14.8 Å². The van der Waals surface area contributed by atoms with Gasteiger partial charge in [-0.3, -0.25) is 0 Å². The summed E-state index contributed by atoms with van der Waals surface area (Å²) in [5, 5.41) is 4.70. The molecule has 66 valence electrons. The highest BCUT2D eigenvalue weighted by molar-refractivity contribution is 6.31. The molecule has 0 aliphatic heterocycles. The molecule has 3 nitrogen and oxygen atoms in total. The van der Waals surface area contributed by atoms with Crippen molar-refractivity contribution in [3.05, 3.63) is 41.4 Å². The third kappa shape index (κ3) is 1.55. The van der Waals surface area contributed by atoms with Gasteiger partial charge in [0.15, 0.2) is 5.15 Å². The van der Waals surface area contributed by atoms with Crippen LogP contribution in [0.25, 0.3) is 5.69 Å². The van der Waals surface area contributed by atoms with Crippen LogP contribution in [0.4, 0.5) is 0 Å². The molecule has 0 saturated heterocycles. The van der Waals surface area contributed by atoms with E-state index in [0.717, 1.165) is 11.4 Å². The summed E-state index contributed by atoms with van der Waals surface area (Å²) < 4.78 is 1.71. The average molecular weight is 194 g/mol. The SMILES string of the molecule is Cc1ccn(-c2cccnc2Cl)n1. The fraction of sp³-hybridized carbons (Fsp3) is 0.111. The smallest absolute Gasteiger partial charge is 0.154 e. The van der Waals surface area contributed by atoms with E-state index >= 15 is 0 Å². The van der Waals surface area contributed by atoms with Crippen LogP contribution in [0.3, 0.4) is 0 Å². The van der Waals surface area contributed by atoms with E-state index < -0.39 is 0 Å². The third-order valence-electron chi connectivity index (χ3n) is 1.71. The van der Waals surface area contributed by atoms with Crippen molar-refractivity contribution in [2.45, 2.75) is 6.92 Å². The highest BCUT2D eigenvalue weighted by atomic mass is 35.5. The number of pyridine rings is 1. The molecule has 0 N–H and O–H groups in total. The first kappa shape index (κ1) is 8.26. The third-order valence-corrected chi connectivity index (χ3v) is 2.00. The van der Waals surface area contributed by atoms with Crippen LogP contribution in [0.15, 0.2) is 30.6 Å². The fourth-order valence-corrected chi connectivity index (χ4v) is 1.30. The van der Waals surface area contributed by atoms with E-state index in [9.17, 15) is 0 Å². The van der Waals surface area contributed by atoms with Crippen molar-refractivity contribution in [3.63, 3.8) is 0 Å². The maximum absolute atomic E-state index is 5.90. The molecule has 0 aliphatic rings. The van der Waals surface area contributed by atoms with Gasteiger partial charge in [0.25, 0.3) is 0 Å². The first-order chi connectivity index (χ1) is 6.27. The number of aryl methyl sites for hydroxylation is 1. The van der Waals surface area contributed by atoms with Gasteiger partial charge < -0.3 is 0 Å². The van der Waals surface area contributed by atoms with E-state index in [4.69, 9.17) is 11.6 Å².